The second kappa shape index (κ2) is 7.61. The van der Waals surface area contributed by atoms with Crippen molar-refractivity contribution < 1.29 is 14.3 Å². The zero-order chi connectivity index (χ0) is 15.9. The van der Waals surface area contributed by atoms with Crippen LogP contribution >= 0.6 is 11.8 Å². The van der Waals surface area contributed by atoms with Gasteiger partial charge in [-0.25, -0.2) is 9.78 Å². The van der Waals surface area contributed by atoms with Crippen LogP contribution in [-0.4, -0.2) is 42.5 Å². The van der Waals surface area contributed by atoms with Crippen LogP contribution in [0.4, 0.5) is 0 Å². The summed E-state index contributed by atoms with van der Waals surface area (Å²) in [6, 6.07) is 12.9. The first kappa shape index (κ1) is 16.0. The number of aromatic nitrogens is 1. The molecule has 1 amide bonds. The van der Waals surface area contributed by atoms with E-state index in [9.17, 15) is 9.59 Å². The Balaban J connectivity index is 2.11. The molecule has 0 N–H and O–H groups in total. The van der Waals surface area contributed by atoms with Crippen LogP contribution in [0, 0.1) is 0 Å². The summed E-state index contributed by atoms with van der Waals surface area (Å²) in [5.41, 5.74) is 0.350. The maximum Gasteiger partial charge on any atom is 0.341 e. The van der Waals surface area contributed by atoms with Gasteiger partial charge in [-0.05, 0) is 24.3 Å². The lowest BCUT2D eigenvalue weighted by Gasteiger charge is -2.11. The molecule has 2 aromatic rings. The molecule has 22 heavy (non-hydrogen) atoms. The molecule has 0 aliphatic heterocycles. The number of amides is 1. The molecule has 0 aliphatic carbocycles. The Labute approximate surface area is 133 Å². The normalized spacial score (nSPS) is 10.1. The Morgan fingerprint density at radius 1 is 1.14 bits per heavy atom. The molecule has 0 bridgehead atoms. The quantitative estimate of drug-likeness (QED) is 0.793. The van der Waals surface area contributed by atoms with Gasteiger partial charge in [-0.3, -0.25) is 4.79 Å². The fourth-order valence-electron chi connectivity index (χ4n) is 1.56. The minimum Gasteiger partial charge on any atom is -0.452 e. The Morgan fingerprint density at radius 3 is 2.55 bits per heavy atom. The fraction of sp³-hybridized carbons (Fsp3) is 0.188. The maximum absolute atomic E-state index is 12.1. The van der Waals surface area contributed by atoms with Crippen LogP contribution in [-0.2, 0) is 9.53 Å². The van der Waals surface area contributed by atoms with Gasteiger partial charge < -0.3 is 9.64 Å². The van der Waals surface area contributed by atoms with Crippen molar-refractivity contribution in [3.63, 3.8) is 0 Å². The minimum absolute atomic E-state index is 0.269. The molecule has 1 aromatic heterocycles. The topological polar surface area (TPSA) is 59.5 Å². The summed E-state index contributed by atoms with van der Waals surface area (Å²) in [5, 5.41) is 0.552. The van der Waals surface area contributed by atoms with Crippen molar-refractivity contribution in [2.24, 2.45) is 0 Å². The Kier molecular flexibility index (Phi) is 5.55. The van der Waals surface area contributed by atoms with Gasteiger partial charge in [0.05, 0.1) is 5.56 Å². The van der Waals surface area contributed by atoms with Gasteiger partial charge in [0.1, 0.15) is 5.03 Å². The first-order valence-electron chi connectivity index (χ1n) is 6.63. The highest BCUT2D eigenvalue weighted by atomic mass is 32.2. The van der Waals surface area contributed by atoms with E-state index >= 15 is 0 Å². The van der Waals surface area contributed by atoms with E-state index in [1.807, 2.05) is 30.3 Å². The molecule has 0 aliphatic rings. The van der Waals surface area contributed by atoms with E-state index in [4.69, 9.17) is 4.74 Å². The average Bonchev–Trinajstić information content (AvgIpc) is 2.53. The zero-order valence-electron chi connectivity index (χ0n) is 12.4. The van der Waals surface area contributed by atoms with Gasteiger partial charge in [0, 0.05) is 25.2 Å². The minimum atomic E-state index is -0.554. The van der Waals surface area contributed by atoms with Gasteiger partial charge >= 0.3 is 5.97 Å². The molecule has 0 saturated heterocycles. The van der Waals surface area contributed by atoms with Crippen LogP contribution in [0.5, 0.6) is 0 Å². The third kappa shape index (κ3) is 4.33. The van der Waals surface area contributed by atoms with Crippen LogP contribution in [0.2, 0.25) is 0 Å². The monoisotopic (exact) mass is 316 g/mol. The van der Waals surface area contributed by atoms with Gasteiger partial charge in [-0.15, -0.1) is 0 Å². The van der Waals surface area contributed by atoms with Crippen molar-refractivity contribution >= 4 is 23.6 Å². The van der Waals surface area contributed by atoms with Crippen LogP contribution < -0.4 is 0 Å². The van der Waals surface area contributed by atoms with Crippen molar-refractivity contribution in [1.82, 2.24) is 9.88 Å². The second-order valence-corrected chi connectivity index (χ2v) is 5.70. The lowest BCUT2D eigenvalue weighted by molar-refractivity contribution is -0.131. The van der Waals surface area contributed by atoms with Crippen LogP contribution in [0.25, 0.3) is 0 Å². The molecule has 0 saturated carbocycles. The first-order valence-corrected chi connectivity index (χ1v) is 7.45. The van der Waals surface area contributed by atoms with Gasteiger partial charge in [-0.2, -0.15) is 0 Å². The highest BCUT2D eigenvalue weighted by Gasteiger charge is 2.16. The lowest BCUT2D eigenvalue weighted by atomic mass is 10.3. The third-order valence-corrected chi connectivity index (χ3v) is 3.80. The molecule has 1 heterocycles. The molecule has 0 radical (unpaired) electrons. The van der Waals surface area contributed by atoms with Crippen molar-refractivity contribution in [1.29, 1.82) is 0 Å². The van der Waals surface area contributed by atoms with Crippen molar-refractivity contribution in [2.45, 2.75) is 9.92 Å². The molecule has 0 unspecified atom stereocenters. The third-order valence-electron chi connectivity index (χ3n) is 2.77. The number of carbonyl (C=O) groups excluding carboxylic acids is 2. The number of likely N-dealkylation sites (N-methyl/N-ethyl adjacent to an activating group) is 1. The van der Waals surface area contributed by atoms with Crippen molar-refractivity contribution in [3.05, 3.63) is 54.2 Å². The van der Waals surface area contributed by atoms with E-state index in [0.717, 1.165) is 4.90 Å². The predicted octanol–water partition coefficient (Wildman–Crippen LogP) is 2.48. The number of hydrogen-bond acceptors (Lipinski definition) is 5. The highest BCUT2D eigenvalue weighted by molar-refractivity contribution is 7.99. The van der Waals surface area contributed by atoms with Gasteiger partial charge in [0.15, 0.2) is 6.61 Å². The molecule has 0 spiro atoms. The summed E-state index contributed by atoms with van der Waals surface area (Å²) in [7, 11) is 3.22. The molecule has 0 fully saturated rings. The number of pyridine rings is 1. The number of ether oxygens (including phenoxy) is 1. The van der Waals surface area contributed by atoms with Crippen molar-refractivity contribution in [3.8, 4) is 0 Å². The summed E-state index contributed by atoms with van der Waals surface area (Å²) in [6.45, 7) is -0.282. The number of rotatable bonds is 5. The van der Waals surface area contributed by atoms with Gasteiger partial charge in [0.2, 0.25) is 0 Å². The molecular formula is C16H16N2O3S. The molecule has 0 atom stereocenters. The lowest BCUT2D eigenvalue weighted by Crippen LogP contribution is -2.27. The van der Waals surface area contributed by atoms with Gasteiger partial charge in [-0.1, -0.05) is 30.0 Å². The summed E-state index contributed by atoms with van der Waals surface area (Å²) in [4.78, 5) is 30.2. The van der Waals surface area contributed by atoms with E-state index < -0.39 is 5.97 Å². The average molecular weight is 316 g/mol. The number of hydrogen-bond donors (Lipinski definition) is 0. The summed E-state index contributed by atoms with van der Waals surface area (Å²) >= 11 is 1.38. The molecule has 2 rings (SSSR count). The first-order chi connectivity index (χ1) is 10.6. The second-order valence-electron chi connectivity index (χ2n) is 4.64. The van der Waals surface area contributed by atoms with E-state index in [2.05, 4.69) is 4.98 Å². The molecule has 5 nitrogen and oxygen atoms in total. The van der Waals surface area contributed by atoms with Crippen LogP contribution in [0.15, 0.2) is 58.6 Å². The predicted molar refractivity (Wildman–Crippen MR) is 83.8 cm³/mol. The van der Waals surface area contributed by atoms with Crippen LogP contribution in [0.3, 0.4) is 0 Å². The van der Waals surface area contributed by atoms with Crippen molar-refractivity contribution in [2.75, 3.05) is 20.7 Å². The summed E-state index contributed by atoms with van der Waals surface area (Å²) in [5.74, 6) is -0.823. The Bertz CT molecular complexity index is 659. The number of nitrogens with zero attached hydrogens (tertiary/aromatic N) is 2. The van der Waals surface area contributed by atoms with Crippen LogP contribution in [0.1, 0.15) is 10.4 Å². The maximum atomic E-state index is 12.1. The zero-order valence-corrected chi connectivity index (χ0v) is 13.2. The number of benzene rings is 1. The largest absolute Gasteiger partial charge is 0.452 e. The van der Waals surface area contributed by atoms with E-state index in [1.165, 1.54) is 16.7 Å². The number of esters is 1. The van der Waals surface area contributed by atoms with E-state index in [1.54, 1.807) is 32.4 Å². The number of carbonyl (C=O) groups is 2. The molecule has 1 aromatic carbocycles. The smallest absolute Gasteiger partial charge is 0.341 e. The summed E-state index contributed by atoms with van der Waals surface area (Å²) < 4.78 is 5.05. The van der Waals surface area contributed by atoms with E-state index in [0.29, 0.717) is 10.6 Å². The molecule has 6 heteroatoms. The molecular weight excluding hydrogens is 300 g/mol. The fourth-order valence-corrected chi connectivity index (χ4v) is 2.45. The standard InChI is InChI=1S/C16H16N2O3S/c1-18(2)14(19)11-21-16(20)13-9-6-10-17-15(13)22-12-7-4-3-5-8-12/h3-10H,11H2,1-2H3. The SMILES string of the molecule is CN(C)C(=O)COC(=O)c1cccnc1Sc1ccccc1. The Hall–Kier alpha value is -2.34. The summed E-state index contributed by atoms with van der Waals surface area (Å²) in [6.07, 6.45) is 1.62. The van der Waals surface area contributed by atoms with Gasteiger partial charge in [0.25, 0.3) is 5.91 Å². The molecule has 114 valence electrons. The van der Waals surface area contributed by atoms with E-state index in [-0.39, 0.29) is 12.5 Å². The highest BCUT2D eigenvalue weighted by Crippen LogP contribution is 2.28. The Morgan fingerprint density at radius 2 is 1.86 bits per heavy atom.